The van der Waals surface area contributed by atoms with Crippen LogP contribution in [0.4, 0.5) is 0 Å². The van der Waals surface area contributed by atoms with Crippen LogP contribution in [0.15, 0.2) is 66.8 Å². The first-order valence-corrected chi connectivity index (χ1v) is 6.90. The van der Waals surface area contributed by atoms with Crippen LogP contribution < -0.4 is 0 Å². The Balaban J connectivity index is 0.000000745. The third-order valence-electron chi connectivity index (χ3n) is 3.64. The van der Waals surface area contributed by atoms with E-state index in [1.807, 2.05) is 6.92 Å². The molecule has 0 fully saturated rings. The number of hydrogen-bond acceptors (Lipinski definition) is 2. The molecule has 1 aromatic rings. The number of rotatable bonds is 3. The molecule has 2 N–H and O–H groups in total. The second-order valence-corrected chi connectivity index (χ2v) is 4.96. The van der Waals surface area contributed by atoms with E-state index in [1.165, 1.54) is 12.2 Å². The van der Waals surface area contributed by atoms with Crippen LogP contribution in [0.25, 0.3) is 0 Å². The molecule has 0 saturated carbocycles. The SMILES string of the molecule is C=CC.CC1C(C(=O)O)=CC=CC1(C(=O)O)c1ccccc1. The molecule has 2 rings (SSSR count). The van der Waals surface area contributed by atoms with Gasteiger partial charge in [-0.3, -0.25) is 4.79 Å². The Kier molecular flexibility index (Phi) is 5.87. The summed E-state index contributed by atoms with van der Waals surface area (Å²) in [5, 5.41) is 18.8. The highest BCUT2D eigenvalue weighted by Gasteiger charge is 2.47. The van der Waals surface area contributed by atoms with Gasteiger partial charge < -0.3 is 10.2 Å². The maximum Gasteiger partial charge on any atom is 0.331 e. The number of carbonyl (C=O) groups is 2. The summed E-state index contributed by atoms with van der Waals surface area (Å²) in [6.07, 6.45) is 6.27. The van der Waals surface area contributed by atoms with Crippen molar-refractivity contribution in [1.82, 2.24) is 0 Å². The third-order valence-corrected chi connectivity index (χ3v) is 3.64. The molecule has 2 unspecified atom stereocenters. The van der Waals surface area contributed by atoms with Gasteiger partial charge in [-0.2, -0.15) is 0 Å². The average Bonchev–Trinajstić information content (AvgIpc) is 2.48. The van der Waals surface area contributed by atoms with Crippen molar-refractivity contribution >= 4 is 11.9 Å². The van der Waals surface area contributed by atoms with Gasteiger partial charge in [0.05, 0.1) is 0 Å². The Morgan fingerprint density at radius 3 is 2.23 bits per heavy atom. The van der Waals surface area contributed by atoms with Crippen molar-refractivity contribution in [3.8, 4) is 0 Å². The quantitative estimate of drug-likeness (QED) is 0.839. The van der Waals surface area contributed by atoms with Crippen molar-refractivity contribution in [1.29, 1.82) is 0 Å². The van der Waals surface area contributed by atoms with Crippen LogP contribution >= 0.6 is 0 Å². The minimum atomic E-state index is -1.33. The van der Waals surface area contributed by atoms with E-state index < -0.39 is 23.3 Å². The smallest absolute Gasteiger partial charge is 0.331 e. The van der Waals surface area contributed by atoms with Crippen molar-refractivity contribution in [2.75, 3.05) is 0 Å². The lowest BCUT2D eigenvalue weighted by Gasteiger charge is -2.35. The van der Waals surface area contributed by atoms with Crippen molar-refractivity contribution < 1.29 is 19.8 Å². The van der Waals surface area contributed by atoms with E-state index >= 15 is 0 Å². The summed E-state index contributed by atoms with van der Waals surface area (Å²) in [6, 6.07) is 8.71. The van der Waals surface area contributed by atoms with Gasteiger partial charge in [-0.05, 0) is 12.5 Å². The van der Waals surface area contributed by atoms with Gasteiger partial charge in [-0.25, -0.2) is 4.79 Å². The lowest BCUT2D eigenvalue weighted by Crippen LogP contribution is -2.43. The zero-order valence-electron chi connectivity index (χ0n) is 12.7. The zero-order chi connectivity index (χ0) is 16.8. The van der Waals surface area contributed by atoms with E-state index in [2.05, 4.69) is 6.58 Å². The number of allylic oxidation sites excluding steroid dienone is 3. The monoisotopic (exact) mass is 300 g/mol. The molecule has 0 aliphatic heterocycles. The Hall–Kier alpha value is -2.62. The van der Waals surface area contributed by atoms with Gasteiger partial charge >= 0.3 is 11.9 Å². The fourth-order valence-electron chi connectivity index (χ4n) is 2.53. The number of carboxylic acid groups (broad SMARTS) is 2. The van der Waals surface area contributed by atoms with Crippen LogP contribution in [0.5, 0.6) is 0 Å². The highest BCUT2D eigenvalue weighted by atomic mass is 16.4. The predicted octanol–water partition coefficient (Wildman–Crippen LogP) is 3.42. The second-order valence-electron chi connectivity index (χ2n) is 4.96. The summed E-state index contributed by atoms with van der Waals surface area (Å²) in [5.74, 6) is -2.78. The second kappa shape index (κ2) is 7.41. The molecular formula is C18H20O4. The molecule has 0 heterocycles. The van der Waals surface area contributed by atoms with Crippen molar-refractivity contribution in [3.63, 3.8) is 0 Å². The summed E-state index contributed by atoms with van der Waals surface area (Å²) in [7, 11) is 0. The summed E-state index contributed by atoms with van der Waals surface area (Å²) in [4.78, 5) is 23.0. The molecular weight excluding hydrogens is 280 g/mol. The van der Waals surface area contributed by atoms with Gasteiger partial charge in [0.2, 0.25) is 0 Å². The maximum atomic E-state index is 11.8. The Morgan fingerprint density at radius 1 is 1.23 bits per heavy atom. The minimum absolute atomic E-state index is 0.105. The van der Waals surface area contributed by atoms with E-state index in [0.29, 0.717) is 5.56 Å². The van der Waals surface area contributed by atoms with E-state index in [9.17, 15) is 19.8 Å². The molecule has 22 heavy (non-hydrogen) atoms. The van der Waals surface area contributed by atoms with Crippen LogP contribution in [0.1, 0.15) is 19.4 Å². The van der Waals surface area contributed by atoms with Gasteiger partial charge in [-0.15, -0.1) is 6.58 Å². The van der Waals surface area contributed by atoms with Crippen molar-refractivity contribution in [3.05, 3.63) is 72.4 Å². The van der Waals surface area contributed by atoms with Gasteiger partial charge in [0.25, 0.3) is 0 Å². The minimum Gasteiger partial charge on any atom is -0.480 e. The summed E-state index contributed by atoms with van der Waals surface area (Å²) in [6.45, 7) is 6.88. The number of hydrogen-bond donors (Lipinski definition) is 2. The lowest BCUT2D eigenvalue weighted by molar-refractivity contribution is -0.143. The maximum absolute atomic E-state index is 11.8. The Labute approximate surface area is 130 Å². The van der Waals surface area contributed by atoms with Crippen LogP contribution in [-0.4, -0.2) is 22.2 Å². The molecule has 0 saturated heterocycles. The highest BCUT2D eigenvalue weighted by Crippen LogP contribution is 2.41. The first kappa shape index (κ1) is 17.4. The first-order valence-electron chi connectivity index (χ1n) is 6.90. The summed E-state index contributed by atoms with van der Waals surface area (Å²) < 4.78 is 0. The molecule has 0 amide bonds. The van der Waals surface area contributed by atoms with Gasteiger partial charge in [0, 0.05) is 11.5 Å². The number of benzene rings is 1. The molecule has 116 valence electrons. The topological polar surface area (TPSA) is 74.6 Å². The van der Waals surface area contributed by atoms with E-state index in [0.717, 1.165) is 0 Å². The normalized spacial score (nSPS) is 22.8. The van der Waals surface area contributed by atoms with E-state index in [-0.39, 0.29) is 5.57 Å². The first-order chi connectivity index (χ1) is 10.4. The molecule has 0 radical (unpaired) electrons. The number of aliphatic carboxylic acids is 2. The van der Waals surface area contributed by atoms with E-state index in [4.69, 9.17) is 0 Å². The van der Waals surface area contributed by atoms with Gasteiger partial charge in [-0.1, -0.05) is 61.6 Å². The standard InChI is InChI=1S/C15H14O4.C3H6/c1-10-12(13(16)17)8-5-9-15(10,14(18)19)11-6-3-2-4-7-11;1-3-2/h2-10H,1H3,(H,16,17)(H,18,19);3H,1H2,2H3. The van der Waals surface area contributed by atoms with E-state index in [1.54, 1.807) is 49.4 Å². The van der Waals surface area contributed by atoms with Crippen LogP contribution in [0.3, 0.4) is 0 Å². The predicted molar refractivity (Wildman–Crippen MR) is 85.6 cm³/mol. The van der Waals surface area contributed by atoms with Crippen molar-refractivity contribution in [2.45, 2.75) is 19.3 Å². The van der Waals surface area contributed by atoms with Crippen LogP contribution in [0.2, 0.25) is 0 Å². The van der Waals surface area contributed by atoms with Gasteiger partial charge in [0.15, 0.2) is 0 Å². The highest BCUT2D eigenvalue weighted by molar-refractivity contribution is 5.93. The largest absolute Gasteiger partial charge is 0.480 e. The molecule has 0 aromatic heterocycles. The fraction of sp³-hybridized carbons (Fsp3) is 0.222. The number of carboxylic acids is 2. The van der Waals surface area contributed by atoms with Crippen molar-refractivity contribution in [2.24, 2.45) is 5.92 Å². The third kappa shape index (κ3) is 3.17. The molecule has 0 spiro atoms. The summed E-state index contributed by atoms with van der Waals surface area (Å²) >= 11 is 0. The van der Waals surface area contributed by atoms with Gasteiger partial charge in [0.1, 0.15) is 5.41 Å². The Morgan fingerprint density at radius 2 is 1.77 bits per heavy atom. The lowest BCUT2D eigenvalue weighted by atomic mass is 9.66. The molecule has 4 heteroatoms. The van der Waals surface area contributed by atoms with Crippen LogP contribution in [0, 0.1) is 5.92 Å². The molecule has 1 aliphatic rings. The molecule has 2 atom stereocenters. The van der Waals surface area contributed by atoms with Crippen LogP contribution in [-0.2, 0) is 15.0 Å². The molecule has 0 bridgehead atoms. The fourth-order valence-corrected chi connectivity index (χ4v) is 2.53. The molecule has 1 aromatic carbocycles. The Bertz CT molecular complexity index is 613. The molecule has 1 aliphatic carbocycles. The zero-order valence-corrected chi connectivity index (χ0v) is 12.7. The summed E-state index contributed by atoms with van der Waals surface area (Å²) in [5.41, 5.74) is -0.643. The molecule has 4 nitrogen and oxygen atoms in total. The average molecular weight is 300 g/mol.